The number of unbranched alkanes of at least 4 members (excludes halogenated alkanes) is 5. The van der Waals surface area contributed by atoms with Gasteiger partial charge in [-0.25, -0.2) is 4.79 Å². The number of aliphatic hydroxyl groups excluding tert-OH is 1. The molecule has 0 radical (unpaired) electrons. The van der Waals surface area contributed by atoms with Crippen LogP contribution in [0.15, 0.2) is 35.3 Å². The Morgan fingerprint density at radius 1 is 0.781 bits per heavy atom. The van der Waals surface area contributed by atoms with Crippen LogP contribution < -0.4 is 43.8 Å². The van der Waals surface area contributed by atoms with Crippen LogP contribution in [0.1, 0.15) is 109 Å². The first-order valence-corrected chi connectivity index (χ1v) is 22.8. The maximum absolute atomic E-state index is 14.3. The average Bonchev–Trinajstić information content (AvgIpc) is 3.97. The average molecular weight is 900 g/mol. The first-order chi connectivity index (χ1) is 30.7. The van der Waals surface area contributed by atoms with E-state index in [9.17, 15) is 43.8 Å². The van der Waals surface area contributed by atoms with Gasteiger partial charge in [0.2, 0.25) is 35.4 Å². The minimum absolute atomic E-state index is 0.0682. The summed E-state index contributed by atoms with van der Waals surface area (Å²) in [6, 6.07) is 3.83. The zero-order valence-corrected chi connectivity index (χ0v) is 37.6. The summed E-state index contributed by atoms with van der Waals surface area (Å²) in [5, 5.41) is 34.3. The molecule has 0 aromatic heterocycles. The number of likely N-dealkylation sites (tertiary alicyclic amines) is 2. The summed E-state index contributed by atoms with van der Waals surface area (Å²) in [5.41, 5.74) is 17.4. The number of nitrogens with two attached hydrogens (primary N) is 3. The third-order valence-electron chi connectivity index (χ3n) is 11.7. The van der Waals surface area contributed by atoms with Crippen molar-refractivity contribution in [1.82, 2.24) is 36.4 Å². The molecular weight excluding hydrogens is 827 g/mol. The van der Waals surface area contributed by atoms with Crippen molar-refractivity contribution in [3.63, 3.8) is 0 Å². The molecule has 2 aliphatic heterocycles. The molecule has 1 aromatic carbocycles. The fourth-order valence-electron chi connectivity index (χ4n) is 8.12. The van der Waals surface area contributed by atoms with Gasteiger partial charge in [-0.3, -0.25) is 33.8 Å². The number of amides is 6. The predicted molar refractivity (Wildman–Crippen MR) is 241 cm³/mol. The van der Waals surface area contributed by atoms with Crippen LogP contribution in [-0.2, 0) is 40.0 Å². The van der Waals surface area contributed by atoms with Gasteiger partial charge in [-0.2, -0.15) is 0 Å². The molecule has 2 heterocycles. The van der Waals surface area contributed by atoms with Crippen molar-refractivity contribution in [3.8, 4) is 0 Å². The number of aliphatic imine (C=N–C) groups is 1. The second kappa shape index (κ2) is 28.5. The SMILES string of the molecule is CNC(Cc1ccccc1)C(=O)NCCCCCC(=O)NC(C(=O)NC(CCCCCCN)C(=O)N1CCCC1C(=O)N1CCCC1C(=O)N[C@H](CCCN=C(N)N)C(=O)O)C(C)O. The Morgan fingerprint density at radius 3 is 2.09 bits per heavy atom. The number of nitrogens with one attached hydrogen (secondary N) is 5. The highest BCUT2D eigenvalue weighted by Crippen LogP contribution is 2.26. The Labute approximate surface area is 376 Å². The van der Waals surface area contributed by atoms with Gasteiger partial charge >= 0.3 is 5.97 Å². The molecule has 64 heavy (non-hydrogen) atoms. The van der Waals surface area contributed by atoms with Crippen molar-refractivity contribution >= 4 is 47.4 Å². The molecule has 0 bridgehead atoms. The minimum atomic E-state index is -1.36. The number of likely N-dealkylation sites (N-methyl/N-ethyl adjacent to an activating group) is 1. The molecule has 0 spiro atoms. The van der Waals surface area contributed by atoms with Gasteiger partial charge in [0.25, 0.3) is 0 Å². The maximum atomic E-state index is 14.3. The van der Waals surface area contributed by atoms with Gasteiger partial charge in [-0.1, -0.05) is 56.0 Å². The monoisotopic (exact) mass is 900 g/mol. The number of carbonyl (C=O) groups excluding carboxylic acids is 6. The molecule has 0 saturated carbocycles. The van der Waals surface area contributed by atoms with Crippen molar-refractivity contribution in [2.24, 2.45) is 22.2 Å². The van der Waals surface area contributed by atoms with Crippen LogP contribution in [-0.4, -0.2) is 150 Å². The molecule has 13 N–H and O–H groups in total. The molecule has 2 saturated heterocycles. The van der Waals surface area contributed by atoms with Crippen LogP contribution in [0.4, 0.5) is 0 Å². The lowest BCUT2D eigenvalue weighted by molar-refractivity contribution is -0.149. The van der Waals surface area contributed by atoms with E-state index in [4.69, 9.17) is 17.2 Å². The van der Waals surface area contributed by atoms with Crippen LogP contribution in [0.5, 0.6) is 0 Å². The summed E-state index contributed by atoms with van der Waals surface area (Å²) in [4.78, 5) is 100. The third-order valence-corrected chi connectivity index (χ3v) is 11.7. The molecule has 3 rings (SSSR count). The quantitative estimate of drug-likeness (QED) is 0.0272. The number of guanidine groups is 1. The first-order valence-electron chi connectivity index (χ1n) is 22.8. The lowest BCUT2D eigenvalue weighted by Gasteiger charge is -2.33. The van der Waals surface area contributed by atoms with Crippen LogP contribution in [0.2, 0.25) is 0 Å². The van der Waals surface area contributed by atoms with Crippen LogP contribution in [0, 0.1) is 0 Å². The molecule has 0 aliphatic carbocycles. The Morgan fingerprint density at radius 2 is 1.44 bits per heavy atom. The molecule has 7 atom stereocenters. The summed E-state index contributed by atoms with van der Waals surface area (Å²) in [6.45, 7) is 2.99. The number of nitrogens with zero attached hydrogens (tertiary/aromatic N) is 3. The van der Waals surface area contributed by atoms with E-state index >= 15 is 0 Å². The number of aliphatic hydroxyl groups is 1. The summed E-state index contributed by atoms with van der Waals surface area (Å²) in [5.74, 6) is -4.20. The summed E-state index contributed by atoms with van der Waals surface area (Å²) >= 11 is 0. The van der Waals surface area contributed by atoms with Gasteiger partial charge in [0.05, 0.1) is 12.1 Å². The van der Waals surface area contributed by atoms with E-state index in [1.54, 1.807) is 7.05 Å². The van der Waals surface area contributed by atoms with Crippen LogP contribution in [0.3, 0.4) is 0 Å². The lowest BCUT2D eigenvalue weighted by atomic mass is 10.0. The van der Waals surface area contributed by atoms with E-state index < -0.39 is 71.8 Å². The molecule has 2 fully saturated rings. The van der Waals surface area contributed by atoms with E-state index in [0.29, 0.717) is 77.3 Å². The molecule has 358 valence electrons. The molecule has 20 nitrogen and oxygen atoms in total. The van der Waals surface area contributed by atoms with Gasteiger partial charge < -0.3 is 63.8 Å². The van der Waals surface area contributed by atoms with Crippen molar-refractivity contribution < 1.29 is 43.8 Å². The smallest absolute Gasteiger partial charge is 0.326 e. The highest BCUT2D eigenvalue weighted by Gasteiger charge is 2.44. The predicted octanol–water partition coefficient (Wildman–Crippen LogP) is -0.642. The topological polar surface area (TPSA) is 317 Å². The second-order valence-electron chi connectivity index (χ2n) is 16.7. The maximum Gasteiger partial charge on any atom is 0.326 e. The number of aliphatic carboxylic acids is 1. The Kier molecular flexibility index (Phi) is 23.6. The van der Waals surface area contributed by atoms with E-state index in [2.05, 4.69) is 31.6 Å². The summed E-state index contributed by atoms with van der Waals surface area (Å²) < 4.78 is 0. The number of carboxylic acids is 1. The van der Waals surface area contributed by atoms with E-state index in [0.717, 1.165) is 24.8 Å². The number of carbonyl (C=O) groups is 7. The Balaban J connectivity index is 1.59. The normalized spacial score (nSPS) is 18.2. The van der Waals surface area contributed by atoms with E-state index in [1.807, 2.05) is 30.3 Å². The molecule has 1 aromatic rings. The van der Waals surface area contributed by atoms with Gasteiger partial charge in [-0.05, 0) is 96.7 Å². The fourth-order valence-corrected chi connectivity index (χ4v) is 8.12. The highest BCUT2D eigenvalue weighted by atomic mass is 16.4. The number of rotatable bonds is 29. The number of carboxylic acid groups (broad SMARTS) is 1. The molecule has 2 aliphatic rings. The van der Waals surface area contributed by atoms with E-state index in [1.165, 1.54) is 16.7 Å². The lowest BCUT2D eigenvalue weighted by Crippen LogP contribution is -2.59. The number of hydrogen-bond acceptors (Lipinski definition) is 11. The van der Waals surface area contributed by atoms with Crippen molar-refractivity contribution in [2.75, 3.05) is 39.8 Å². The first kappa shape index (κ1) is 53.0. The fraction of sp³-hybridized carbons (Fsp3) is 0.682. The van der Waals surface area contributed by atoms with E-state index in [-0.39, 0.29) is 56.8 Å². The van der Waals surface area contributed by atoms with Gasteiger partial charge in [-0.15, -0.1) is 0 Å². The van der Waals surface area contributed by atoms with Crippen LogP contribution >= 0.6 is 0 Å². The molecule has 6 amide bonds. The summed E-state index contributed by atoms with van der Waals surface area (Å²) in [6.07, 6.45) is 6.23. The molecule has 20 heteroatoms. The van der Waals surface area contributed by atoms with Gasteiger partial charge in [0, 0.05) is 32.6 Å². The van der Waals surface area contributed by atoms with Crippen molar-refractivity contribution in [2.45, 2.75) is 152 Å². The number of hydrogen-bond donors (Lipinski definition) is 10. The zero-order valence-electron chi connectivity index (χ0n) is 37.6. The second-order valence-corrected chi connectivity index (χ2v) is 16.7. The molecule has 6 unspecified atom stereocenters. The molecular formula is C44H73N11O9. The Hall–Kier alpha value is -5.34. The van der Waals surface area contributed by atoms with Gasteiger partial charge in [0.1, 0.15) is 30.2 Å². The van der Waals surface area contributed by atoms with Crippen molar-refractivity contribution in [3.05, 3.63) is 35.9 Å². The standard InChI is InChI=1S/C44H73N11O9/c1-29(56)37(53-36(57)22-10-6-12-24-49-38(58)33(48-2)28-30-16-7-5-8-17-30)40(60)51-31(18-9-3-4-11-23-45)41(61)55-27-15-21-35(55)42(62)54-26-14-20-34(54)39(59)52-32(43(63)64)19-13-25-50-44(46)47/h5,7-8,16-17,29,31-35,37,48,56H,3-4,6,9-15,18-28,45H2,1-2H3,(H,49,58)(H,51,60)(H,52,59)(H,53,57)(H,63,64)(H4,46,47,50)/t29?,31?,32-,33?,34?,35?,37?/m1/s1. The Bertz CT molecular complexity index is 1700. The zero-order chi connectivity index (χ0) is 47.0. The van der Waals surface area contributed by atoms with Gasteiger partial charge in [0.15, 0.2) is 5.96 Å². The highest BCUT2D eigenvalue weighted by molar-refractivity contribution is 5.96. The summed E-state index contributed by atoms with van der Waals surface area (Å²) in [7, 11) is 1.74. The minimum Gasteiger partial charge on any atom is -0.480 e. The third kappa shape index (κ3) is 17.7. The van der Waals surface area contributed by atoms with Crippen LogP contribution in [0.25, 0.3) is 0 Å². The van der Waals surface area contributed by atoms with Crippen molar-refractivity contribution in [1.29, 1.82) is 0 Å². The largest absolute Gasteiger partial charge is 0.480 e. The number of benzene rings is 1.